The Labute approximate surface area is 135 Å². The zero-order valence-corrected chi connectivity index (χ0v) is 13.6. The summed E-state index contributed by atoms with van der Waals surface area (Å²) in [6.07, 6.45) is 2.10. The summed E-state index contributed by atoms with van der Waals surface area (Å²) in [7, 11) is 0. The van der Waals surface area contributed by atoms with E-state index < -0.39 is 0 Å². The summed E-state index contributed by atoms with van der Waals surface area (Å²) in [5.41, 5.74) is 4.54. The number of benzene rings is 2. The van der Waals surface area contributed by atoms with Crippen LogP contribution in [0.15, 0.2) is 65.7 Å². The number of nitrogens with one attached hydrogen (secondary N) is 1. The van der Waals surface area contributed by atoms with Crippen molar-refractivity contribution >= 4 is 17.4 Å². The number of thioether (sulfide) groups is 1. The first kappa shape index (κ1) is 14.7. The van der Waals surface area contributed by atoms with E-state index in [1.807, 2.05) is 41.1 Å². The minimum Gasteiger partial charge on any atom is -0.381 e. The molecule has 0 amide bonds. The molecule has 0 radical (unpaired) electrons. The highest BCUT2D eigenvalue weighted by Crippen LogP contribution is 2.27. The molecule has 4 heteroatoms. The molecule has 0 fully saturated rings. The molecule has 2 aromatic carbocycles. The topological polar surface area (TPSA) is 29.9 Å². The molecule has 0 unspecified atom stereocenters. The maximum atomic E-state index is 4.72. The van der Waals surface area contributed by atoms with Gasteiger partial charge in [0.1, 0.15) is 5.03 Å². The third-order valence-electron chi connectivity index (χ3n) is 3.57. The summed E-state index contributed by atoms with van der Waals surface area (Å²) in [4.78, 5) is 0. The number of anilines is 1. The average molecular weight is 309 g/mol. The van der Waals surface area contributed by atoms with E-state index in [4.69, 9.17) is 5.10 Å². The van der Waals surface area contributed by atoms with Crippen molar-refractivity contribution < 1.29 is 0 Å². The number of hydrogen-bond acceptors (Lipinski definition) is 3. The molecule has 112 valence electrons. The van der Waals surface area contributed by atoms with Gasteiger partial charge in [-0.25, -0.2) is 4.68 Å². The smallest absolute Gasteiger partial charge is 0.105 e. The molecule has 0 aliphatic rings. The summed E-state index contributed by atoms with van der Waals surface area (Å²) < 4.78 is 2.03. The van der Waals surface area contributed by atoms with Gasteiger partial charge in [0.2, 0.25) is 0 Å². The molecule has 1 heterocycles. The monoisotopic (exact) mass is 309 g/mol. The zero-order chi connectivity index (χ0) is 15.4. The van der Waals surface area contributed by atoms with Crippen LogP contribution in [-0.4, -0.2) is 16.0 Å². The molecular formula is C18H19N3S. The van der Waals surface area contributed by atoms with Crippen LogP contribution < -0.4 is 5.32 Å². The van der Waals surface area contributed by atoms with Gasteiger partial charge in [0.05, 0.1) is 11.4 Å². The second-order valence-corrected chi connectivity index (χ2v) is 5.84. The highest BCUT2D eigenvalue weighted by atomic mass is 32.2. The Morgan fingerprint density at radius 2 is 1.64 bits per heavy atom. The normalized spacial score (nSPS) is 10.6. The maximum absolute atomic E-state index is 4.72. The highest BCUT2D eigenvalue weighted by Gasteiger charge is 2.15. The molecule has 1 aromatic heterocycles. The van der Waals surface area contributed by atoms with Gasteiger partial charge in [0.25, 0.3) is 0 Å². The van der Waals surface area contributed by atoms with Crippen LogP contribution in [0.1, 0.15) is 11.3 Å². The molecule has 0 saturated heterocycles. The van der Waals surface area contributed by atoms with Crippen LogP contribution in [0, 0.1) is 6.92 Å². The average Bonchev–Trinajstić information content (AvgIpc) is 2.90. The van der Waals surface area contributed by atoms with Gasteiger partial charge in [0, 0.05) is 17.8 Å². The second kappa shape index (κ2) is 6.71. The largest absolute Gasteiger partial charge is 0.381 e. The zero-order valence-electron chi connectivity index (χ0n) is 12.8. The molecule has 0 aliphatic heterocycles. The molecule has 0 spiro atoms. The highest BCUT2D eigenvalue weighted by molar-refractivity contribution is 7.98. The molecule has 0 bridgehead atoms. The fraction of sp³-hybridized carbons (Fsp3) is 0.167. The molecule has 3 rings (SSSR count). The fourth-order valence-corrected chi connectivity index (χ4v) is 3.23. The van der Waals surface area contributed by atoms with Gasteiger partial charge >= 0.3 is 0 Å². The van der Waals surface area contributed by atoms with Crippen molar-refractivity contribution in [2.75, 3.05) is 11.6 Å². The lowest BCUT2D eigenvalue weighted by atomic mass is 10.2. The van der Waals surface area contributed by atoms with Crippen molar-refractivity contribution in [1.29, 1.82) is 0 Å². The first-order chi connectivity index (χ1) is 10.8. The van der Waals surface area contributed by atoms with E-state index >= 15 is 0 Å². The standard InChI is InChI=1S/C18H19N3S/c1-14-17(13-19-15-9-5-3-6-10-15)18(22-2)21(20-14)16-11-7-4-8-12-16/h3-12,19H,13H2,1-2H3. The Kier molecular flexibility index (Phi) is 4.49. The van der Waals surface area contributed by atoms with Crippen LogP contribution in [0.25, 0.3) is 5.69 Å². The third-order valence-corrected chi connectivity index (χ3v) is 4.38. The Balaban J connectivity index is 1.90. The van der Waals surface area contributed by atoms with Crippen molar-refractivity contribution in [3.05, 3.63) is 71.9 Å². The Bertz CT molecular complexity index is 736. The lowest BCUT2D eigenvalue weighted by Crippen LogP contribution is -2.02. The molecule has 0 atom stereocenters. The maximum Gasteiger partial charge on any atom is 0.105 e. The first-order valence-corrected chi connectivity index (χ1v) is 8.49. The molecule has 3 aromatic rings. The van der Waals surface area contributed by atoms with Gasteiger partial charge in [-0.05, 0) is 37.4 Å². The van der Waals surface area contributed by atoms with Crippen LogP contribution in [0.2, 0.25) is 0 Å². The van der Waals surface area contributed by atoms with Gasteiger partial charge in [-0.15, -0.1) is 11.8 Å². The van der Waals surface area contributed by atoms with E-state index in [2.05, 4.69) is 42.8 Å². The predicted octanol–water partition coefficient (Wildman–Crippen LogP) is 4.51. The Hall–Kier alpha value is -2.20. The third kappa shape index (κ3) is 3.02. The summed E-state index contributed by atoms with van der Waals surface area (Å²) in [5, 5.41) is 9.38. The molecule has 0 aliphatic carbocycles. The molecule has 22 heavy (non-hydrogen) atoms. The van der Waals surface area contributed by atoms with Crippen molar-refractivity contribution in [2.24, 2.45) is 0 Å². The van der Waals surface area contributed by atoms with E-state index in [0.29, 0.717) is 0 Å². The van der Waals surface area contributed by atoms with Gasteiger partial charge in [-0.3, -0.25) is 0 Å². The van der Waals surface area contributed by atoms with E-state index in [1.165, 1.54) is 10.6 Å². The molecule has 1 N–H and O–H groups in total. The second-order valence-electron chi connectivity index (χ2n) is 5.04. The number of para-hydroxylation sites is 2. The minimum absolute atomic E-state index is 0.777. The lowest BCUT2D eigenvalue weighted by Gasteiger charge is -2.09. The quantitative estimate of drug-likeness (QED) is 0.703. The number of nitrogens with zero attached hydrogens (tertiary/aromatic N) is 2. The van der Waals surface area contributed by atoms with E-state index in [0.717, 1.165) is 23.6 Å². The Morgan fingerprint density at radius 1 is 1.00 bits per heavy atom. The predicted molar refractivity (Wildman–Crippen MR) is 93.9 cm³/mol. The molecule has 0 saturated carbocycles. The van der Waals surface area contributed by atoms with Crippen LogP contribution in [0.4, 0.5) is 5.69 Å². The number of hydrogen-bond donors (Lipinski definition) is 1. The summed E-state index contributed by atoms with van der Waals surface area (Å²) >= 11 is 1.73. The fourth-order valence-electron chi connectivity index (χ4n) is 2.44. The molecule has 3 nitrogen and oxygen atoms in total. The number of rotatable bonds is 5. The first-order valence-electron chi connectivity index (χ1n) is 7.26. The van der Waals surface area contributed by atoms with Crippen molar-refractivity contribution in [1.82, 2.24) is 9.78 Å². The summed E-state index contributed by atoms with van der Waals surface area (Å²) in [6.45, 7) is 2.85. The van der Waals surface area contributed by atoms with Crippen molar-refractivity contribution in [3.63, 3.8) is 0 Å². The summed E-state index contributed by atoms with van der Waals surface area (Å²) in [5.74, 6) is 0. The number of aryl methyl sites for hydroxylation is 1. The van der Waals surface area contributed by atoms with Crippen molar-refractivity contribution in [2.45, 2.75) is 18.5 Å². The van der Waals surface area contributed by atoms with Crippen LogP contribution >= 0.6 is 11.8 Å². The van der Waals surface area contributed by atoms with E-state index in [9.17, 15) is 0 Å². The van der Waals surface area contributed by atoms with Gasteiger partial charge in [0.15, 0.2) is 0 Å². The van der Waals surface area contributed by atoms with Crippen LogP contribution in [-0.2, 0) is 6.54 Å². The summed E-state index contributed by atoms with van der Waals surface area (Å²) in [6, 6.07) is 20.5. The molecular weight excluding hydrogens is 290 g/mol. The number of aromatic nitrogens is 2. The van der Waals surface area contributed by atoms with E-state index in [-0.39, 0.29) is 0 Å². The van der Waals surface area contributed by atoms with E-state index in [1.54, 1.807) is 11.8 Å². The van der Waals surface area contributed by atoms with Gasteiger partial charge in [-0.1, -0.05) is 36.4 Å². The SMILES string of the molecule is CSc1c(CNc2ccccc2)c(C)nn1-c1ccccc1. The lowest BCUT2D eigenvalue weighted by molar-refractivity contribution is 0.790. The van der Waals surface area contributed by atoms with Crippen LogP contribution in [0.3, 0.4) is 0 Å². The van der Waals surface area contributed by atoms with Gasteiger partial charge in [-0.2, -0.15) is 5.10 Å². The van der Waals surface area contributed by atoms with Crippen LogP contribution in [0.5, 0.6) is 0 Å². The Morgan fingerprint density at radius 3 is 2.27 bits per heavy atom. The van der Waals surface area contributed by atoms with Gasteiger partial charge < -0.3 is 5.32 Å². The van der Waals surface area contributed by atoms with Crippen molar-refractivity contribution in [3.8, 4) is 5.69 Å². The minimum atomic E-state index is 0.777.